The normalized spacial score (nSPS) is 25.7. The lowest BCUT2D eigenvalue weighted by atomic mass is 10.2. The van der Waals surface area contributed by atoms with Crippen LogP contribution in [0, 0.1) is 12.8 Å². The molecule has 2 unspecified atom stereocenters. The van der Waals surface area contributed by atoms with Crippen LogP contribution < -0.4 is 0 Å². The van der Waals surface area contributed by atoms with Crippen molar-refractivity contribution in [3.05, 3.63) is 29.7 Å². The Bertz CT molecular complexity index is 590. The third kappa shape index (κ3) is 3.00. The molecule has 112 valence electrons. The van der Waals surface area contributed by atoms with E-state index in [0.29, 0.717) is 17.4 Å². The molecule has 1 saturated heterocycles. The van der Waals surface area contributed by atoms with Crippen molar-refractivity contribution in [2.45, 2.75) is 31.2 Å². The summed E-state index contributed by atoms with van der Waals surface area (Å²) in [5.74, 6) is 1.11. The van der Waals surface area contributed by atoms with E-state index in [9.17, 15) is 14.7 Å². The van der Waals surface area contributed by atoms with Crippen molar-refractivity contribution in [3.63, 3.8) is 0 Å². The molecule has 2 heterocycles. The molecule has 1 aromatic rings. The summed E-state index contributed by atoms with van der Waals surface area (Å²) >= 11 is 1.58. The van der Waals surface area contributed by atoms with Gasteiger partial charge in [-0.3, -0.25) is 4.79 Å². The van der Waals surface area contributed by atoms with Gasteiger partial charge >= 0.3 is 5.97 Å². The van der Waals surface area contributed by atoms with E-state index in [2.05, 4.69) is 0 Å². The standard InChI is InChI=1S/C15H17NO4S/c1-9-2-5-11(20-9)6-7-13(17)16-12(15(18)19)8-21-14(16)10-3-4-10/h2,5-7,10,12,14H,3-4,8H2,1H3,(H,18,19). The van der Waals surface area contributed by atoms with Gasteiger partial charge in [-0.15, -0.1) is 11.8 Å². The van der Waals surface area contributed by atoms with Crippen LogP contribution in [0.5, 0.6) is 0 Å². The average molecular weight is 307 g/mol. The maximum atomic E-state index is 12.4. The molecule has 1 aromatic heterocycles. The monoisotopic (exact) mass is 307 g/mol. The van der Waals surface area contributed by atoms with Crippen LogP contribution in [0.3, 0.4) is 0 Å². The summed E-state index contributed by atoms with van der Waals surface area (Å²) in [6.07, 6.45) is 5.17. The van der Waals surface area contributed by atoms with E-state index in [1.165, 1.54) is 11.0 Å². The van der Waals surface area contributed by atoms with Crippen molar-refractivity contribution < 1.29 is 19.1 Å². The minimum Gasteiger partial charge on any atom is -0.480 e. The molecule has 1 saturated carbocycles. The molecular weight excluding hydrogens is 290 g/mol. The largest absolute Gasteiger partial charge is 0.480 e. The Morgan fingerprint density at radius 3 is 2.76 bits per heavy atom. The second-order valence-electron chi connectivity index (χ2n) is 5.44. The molecule has 1 aliphatic heterocycles. The van der Waals surface area contributed by atoms with Gasteiger partial charge in [0.15, 0.2) is 0 Å². The Kier molecular flexibility index (Phi) is 3.80. The maximum absolute atomic E-state index is 12.4. The molecule has 5 nitrogen and oxygen atoms in total. The highest BCUT2D eigenvalue weighted by Crippen LogP contribution is 2.45. The first-order valence-electron chi connectivity index (χ1n) is 6.97. The molecule has 6 heteroatoms. The van der Waals surface area contributed by atoms with Gasteiger partial charge in [-0.2, -0.15) is 0 Å². The summed E-state index contributed by atoms with van der Waals surface area (Å²) in [4.78, 5) is 25.3. The van der Waals surface area contributed by atoms with Gasteiger partial charge in [-0.25, -0.2) is 4.79 Å². The van der Waals surface area contributed by atoms with Crippen LogP contribution in [0.1, 0.15) is 24.4 Å². The molecule has 21 heavy (non-hydrogen) atoms. The molecule has 1 amide bonds. The first-order valence-corrected chi connectivity index (χ1v) is 8.02. The third-order valence-electron chi connectivity index (χ3n) is 3.75. The average Bonchev–Trinajstić information content (AvgIpc) is 3.04. The number of thioether (sulfide) groups is 1. The van der Waals surface area contributed by atoms with Crippen LogP contribution in [0.25, 0.3) is 6.08 Å². The molecule has 2 aliphatic rings. The number of hydrogen-bond acceptors (Lipinski definition) is 4. The summed E-state index contributed by atoms with van der Waals surface area (Å²) in [5.41, 5.74) is 0. The molecule has 1 aliphatic carbocycles. The number of furan rings is 1. The van der Waals surface area contributed by atoms with Gasteiger partial charge in [0.25, 0.3) is 0 Å². The Balaban J connectivity index is 1.76. The van der Waals surface area contributed by atoms with Crippen molar-refractivity contribution in [1.82, 2.24) is 4.90 Å². The van der Waals surface area contributed by atoms with Gasteiger partial charge in [0, 0.05) is 11.8 Å². The van der Waals surface area contributed by atoms with Gasteiger partial charge in [0.05, 0.1) is 5.37 Å². The Hall–Kier alpha value is -1.69. The Morgan fingerprint density at radius 1 is 1.43 bits per heavy atom. The summed E-state index contributed by atoms with van der Waals surface area (Å²) in [6.45, 7) is 1.83. The van der Waals surface area contributed by atoms with Gasteiger partial charge in [-0.05, 0) is 43.9 Å². The van der Waals surface area contributed by atoms with E-state index in [1.807, 2.05) is 13.0 Å². The zero-order valence-corrected chi connectivity index (χ0v) is 12.5. The van der Waals surface area contributed by atoms with E-state index >= 15 is 0 Å². The summed E-state index contributed by atoms with van der Waals surface area (Å²) in [6, 6.07) is 2.88. The number of aryl methyl sites for hydroxylation is 1. The van der Waals surface area contributed by atoms with E-state index < -0.39 is 12.0 Å². The summed E-state index contributed by atoms with van der Waals surface area (Å²) in [7, 11) is 0. The van der Waals surface area contributed by atoms with Gasteiger partial charge in [0.1, 0.15) is 17.6 Å². The van der Waals surface area contributed by atoms with Crippen molar-refractivity contribution in [3.8, 4) is 0 Å². The van der Waals surface area contributed by atoms with Crippen LogP contribution in [0.2, 0.25) is 0 Å². The Labute approximate surface area is 127 Å². The van der Waals surface area contributed by atoms with Crippen LogP contribution in [0.4, 0.5) is 0 Å². The number of rotatable bonds is 4. The molecule has 2 atom stereocenters. The molecule has 3 rings (SSSR count). The van der Waals surface area contributed by atoms with Crippen LogP contribution in [0.15, 0.2) is 22.6 Å². The topological polar surface area (TPSA) is 70.8 Å². The van der Waals surface area contributed by atoms with Crippen molar-refractivity contribution >= 4 is 29.7 Å². The van der Waals surface area contributed by atoms with Gasteiger partial charge in [-0.1, -0.05) is 0 Å². The number of carbonyl (C=O) groups excluding carboxylic acids is 1. The van der Waals surface area contributed by atoms with Crippen molar-refractivity contribution in [2.24, 2.45) is 5.92 Å². The number of carbonyl (C=O) groups is 2. The predicted molar refractivity (Wildman–Crippen MR) is 79.7 cm³/mol. The number of amides is 1. The van der Waals surface area contributed by atoms with Gasteiger partial charge < -0.3 is 14.4 Å². The quantitative estimate of drug-likeness (QED) is 0.865. The first-order chi connectivity index (χ1) is 10.1. The third-order valence-corrected chi connectivity index (χ3v) is 5.21. The highest BCUT2D eigenvalue weighted by molar-refractivity contribution is 8.00. The number of carboxylic acids is 1. The number of carboxylic acid groups (broad SMARTS) is 1. The molecule has 2 fully saturated rings. The number of nitrogens with zero attached hydrogens (tertiary/aromatic N) is 1. The zero-order chi connectivity index (χ0) is 15.0. The van der Waals surface area contributed by atoms with E-state index in [0.717, 1.165) is 18.6 Å². The minimum atomic E-state index is -0.929. The SMILES string of the molecule is Cc1ccc(C=CC(=O)N2C(C(=O)O)CSC2C2CC2)o1. The minimum absolute atomic E-state index is 0.00147. The maximum Gasteiger partial charge on any atom is 0.327 e. The molecule has 0 spiro atoms. The van der Waals surface area contributed by atoms with E-state index in [4.69, 9.17) is 4.42 Å². The lowest BCUT2D eigenvalue weighted by Crippen LogP contribution is -2.45. The number of aliphatic carboxylic acids is 1. The molecule has 0 aromatic carbocycles. The fourth-order valence-corrected chi connectivity index (χ4v) is 4.16. The highest BCUT2D eigenvalue weighted by atomic mass is 32.2. The summed E-state index contributed by atoms with van der Waals surface area (Å²) in [5, 5.41) is 9.29. The second kappa shape index (κ2) is 5.60. The van der Waals surface area contributed by atoms with Crippen LogP contribution >= 0.6 is 11.8 Å². The van der Waals surface area contributed by atoms with Crippen molar-refractivity contribution in [2.75, 3.05) is 5.75 Å². The summed E-state index contributed by atoms with van der Waals surface area (Å²) < 4.78 is 5.38. The zero-order valence-electron chi connectivity index (χ0n) is 11.7. The lowest BCUT2D eigenvalue weighted by molar-refractivity contribution is -0.147. The van der Waals surface area contributed by atoms with E-state index in [1.54, 1.807) is 23.9 Å². The first kappa shape index (κ1) is 14.3. The fraction of sp³-hybridized carbons (Fsp3) is 0.467. The van der Waals surface area contributed by atoms with Crippen LogP contribution in [-0.2, 0) is 9.59 Å². The highest BCUT2D eigenvalue weighted by Gasteiger charge is 2.47. The van der Waals surface area contributed by atoms with Gasteiger partial charge in [0.2, 0.25) is 5.91 Å². The smallest absolute Gasteiger partial charge is 0.327 e. The predicted octanol–water partition coefficient (Wildman–Crippen LogP) is 2.37. The Morgan fingerprint density at radius 2 is 2.19 bits per heavy atom. The molecule has 1 N–H and O–H groups in total. The molecule has 0 bridgehead atoms. The molecule has 0 radical (unpaired) electrons. The lowest BCUT2D eigenvalue weighted by Gasteiger charge is -2.26. The second-order valence-corrected chi connectivity index (χ2v) is 6.59. The fourth-order valence-electron chi connectivity index (χ4n) is 2.52. The van der Waals surface area contributed by atoms with Crippen molar-refractivity contribution in [1.29, 1.82) is 0 Å². The van der Waals surface area contributed by atoms with Crippen LogP contribution in [-0.4, -0.2) is 39.1 Å². The molecular formula is C15H17NO4S. The number of hydrogen-bond donors (Lipinski definition) is 1. The van der Waals surface area contributed by atoms with E-state index in [-0.39, 0.29) is 11.3 Å².